The molecule has 0 unspecified atom stereocenters. The van der Waals surface area contributed by atoms with Crippen LogP contribution >= 0.6 is 15.9 Å². The first-order chi connectivity index (χ1) is 13.3. The fourth-order valence-corrected chi connectivity index (χ4v) is 3.09. The van der Waals surface area contributed by atoms with E-state index in [1.54, 1.807) is 23.6 Å². The number of carboxylic acids is 1. The van der Waals surface area contributed by atoms with Crippen LogP contribution in [0, 0.1) is 5.82 Å². The number of aromatic hydroxyl groups is 1. The van der Waals surface area contributed by atoms with Crippen LogP contribution in [-0.2, 0) is 6.54 Å². The normalized spacial score (nSPS) is 11.2. The van der Waals surface area contributed by atoms with Crippen LogP contribution in [0.4, 0.5) is 10.1 Å². The molecule has 0 saturated heterocycles. The minimum absolute atomic E-state index is 0.00270. The number of hydrogen-bond donors (Lipinski definition) is 3. The Bertz CT molecular complexity index is 1170. The lowest BCUT2D eigenvalue weighted by Gasteiger charge is -2.12. The summed E-state index contributed by atoms with van der Waals surface area (Å²) in [4.78, 5) is 23.6. The van der Waals surface area contributed by atoms with E-state index in [1.807, 2.05) is 0 Å². The van der Waals surface area contributed by atoms with Crippen LogP contribution in [0.15, 0.2) is 50.9 Å². The molecule has 0 bridgehead atoms. The summed E-state index contributed by atoms with van der Waals surface area (Å²) in [6.45, 7) is 2.16. The third-order valence-corrected chi connectivity index (χ3v) is 4.61. The molecule has 0 fully saturated rings. The summed E-state index contributed by atoms with van der Waals surface area (Å²) >= 11 is 3.28. The summed E-state index contributed by atoms with van der Waals surface area (Å²) in [5, 5.41) is 22.9. The number of nitrogens with one attached hydrogen (secondary N) is 1. The van der Waals surface area contributed by atoms with Gasteiger partial charge in [0.2, 0.25) is 5.43 Å². The molecule has 2 aromatic carbocycles. The van der Waals surface area contributed by atoms with E-state index in [0.29, 0.717) is 17.6 Å². The van der Waals surface area contributed by atoms with Gasteiger partial charge in [-0.05, 0) is 37.3 Å². The number of nitrogens with zero attached hydrogens (tertiary/aromatic N) is 2. The monoisotopic (exact) mass is 447 g/mol. The average molecular weight is 448 g/mol. The Labute approximate surface area is 166 Å². The summed E-state index contributed by atoms with van der Waals surface area (Å²) in [5.41, 5.74) is 2.17. The lowest BCUT2D eigenvalue weighted by atomic mass is 10.1. The Kier molecular flexibility index (Phi) is 5.46. The van der Waals surface area contributed by atoms with Crippen LogP contribution in [0.3, 0.4) is 0 Å². The quantitative estimate of drug-likeness (QED) is 0.407. The van der Waals surface area contributed by atoms with Crippen LogP contribution in [0.25, 0.3) is 10.9 Å². The second-order valence-corrected chi connectivity index (χ2v) is 6.80. The molecule has 0 atom stereocenters. The van der Waals surface area contributed by atoms with Gasteiger partial charge in [-0.3, -0.25) is 10.2 Å². The van der Waals surface area contributed by atoms with E-state index in [9.17, 15) is 24.2 Å². The van der Waals surface area contributed by atoms with Crippen molar-refractivity contribution in [1.29, 1.82) is 0 Å². The predicted octanol–water partition coefficient (Wildman–Crippen LogP) is 3.77. The molecule has 0 aliphatic carbocycles. The number of pyridine rings is 1. The Balaban J connectivity index is 2.03. The second-order valence-electron chi connectivity index (χ2n) is 5.89. The maximum absolute atomic E-state index is 14.4. The molecule has 0 radical (unpaired) electrons. The van der Waals surface area contributed by atoms with Gasteiger partial charge in [0.25, 0.3) is 0 Å². The molecule has 3 rings (SSSR count). The smallest absolute Gasteiger partial charge is 0.341 e. The van der Waals surface area contributed by atoms with E-state index < -0.39 is 22.8 Å². The maximum Gasteiger partial charge on any atom is 0.341 e. The summed E-state index contributed by atoms with van der Waals surface area (Å²) in [5.74, 6) is -2.12. The fraction of sp³-hybridized carbons (Fsp3) is 0.105. The van der Waals surface area contributed by atoms with Crippen molar-refractivity contribution >= 4 is 44.7 Å². The first kappa shape index (κ1) is 19.6. The number of aromatic nitrogens is 1. The number of rotatable bonds is 5. The number of carbonyl (C=O) groups is 1. The third kappa shape index (κ3) is 3.74. The highest BCUT2D eigenvalue weighted by Gasteiger charge is 2.16. The number of anilines is 1. The second kappa shape index (κ2) is 7.81. The minimum atomic E-state index is -1.37. The molecule has 3 aromatic rings. The molecule has 28 heavy (non-hydrogen) atoms. The number of hydrogen-bond acceptors (Lipinski definition) is 5. The molecule has 0 saturated carbocycles. The first-order valence-electron chi connectivity index (χ1n) is 8.19. The number of phenols is 1. The zero-order valence-corrected chi connectivity index (χ0v) is 16.2. The topological polar surface area (TPSA) is 104 Å². The number of hydrazone groups is 1. The van der Waals surface area contributed by atoms with Crippen molar-refractivity contribution < 1.29 is 19.4 Å². The number of phenolic OH excluding ortho intramolecular Hbond substituents is 1. The number of aromatic carboxylic acids is 1. The molecule has 1 heterocycles. The first-order valence-corrected chi connectivity index (χ1v) is 8.98. The Morgan fingerprint density at radius 3 is 2.79 bits per heavy atom. The van der Waals surface area contributed by atoms with Crippen LogP contribution in [0.5, 0.6) is 5.75 Å². The number of halogens is 2. The van der Waals surface area contributed by atoms with Crippen molar-refractivity contribution in [3.05, 3.63) is 68.2 Å². The van der Waals surface area contributed by atoms with Crippen LogP contribution in [-0.4, -0.2) is 27.0 Å². The summed E-state index contributed by atoms with van der Waals surface area (Å²) in [6.07, 6.45) is 2.56. The van der Waals surface area contributed by atoms with Crippen molar-refractivity contribution in [2.24, 2.45) is 5.10 Å². The van der Waals surface area contributed by atoms with Gasteiger partial charge in [0.05, 0.1) is 17.4 Å². The highest BCUT2D eigenvalue weighted by molar-refractivity contribution is 9.10. The Morgan fingerprint density at radius 2 is 2.11 bits per heavy atom. The predicted molar refractivity (Wildman–Crippen MR) is 108 cm³/mol. The molecule has 7 nitrogen and oxygen atoms in total. The van der Waals surface area contributed by atoms with Crippen LogP contribution < -0.4 is 10.9 Å². The zero-order chi connectivity index (χ0) is 20.4. The average Bonchev–Trinajstić information content (AvgIpc) is 2.65. The van der Waals surface area contributed by atoms with Gasteiger partial charge in [-0.25, -0.2) is 9.18 Å². The van der Waals surface area contributed by atoms with Crippen molar-refractivity contribution in [3.8, 4) is 5.75 Å². The van der Waals surface area contributed by atoms with Crippen molar-refractivity contribution in [2.75, 3.05) is 5.43 Å². The number of benzene rings is 2. The van der Waals surface area contributed by atoms with E-state index in [2.05, 4.69) is 26.5 Å². The van der Waals surface area contributed by atoms with E-state index in [-0.39, 0.29) is 16.8 Å². The van der Waals surface area contributed by atoms with E-state index >= 15 is 0 Å². The molecule has 9 heteroatoms. The standard InChI is InChI=1S/C19H15BrFN3O4/c1-2-24-9-13(19(27)28)18(26)12-6-14(21)15(7-16(12)24)23-22-8-10-5-11(20)3-4-17(10)25/h3-9,23,25H,2H2,1H3,(H,27,28)/b22-8+. The van der Waals surface area contributed by atoms with Gasteiger partial charge in [-0.1, -0.05) is 15.9 Å². The molecule has 0 aliphatic heterocycles. The van der Waals surface area contributed by atoms with Crippen LogP contribution in [0.2, 0.25) is 0 Å². The zero-order valence-electron chi connectivity index (χ0n) is 14.6. The third-order valence-electron chi connectivity index (χ3n) is 4.12. The lowest BCUT2D eigenvalue weighted by Crippen LogP contribution is -2.19. The largest absolute Gasteiger partial charge is 0.507 e. The number of carboxylic acid groups (broad SMARTS) is 1. The minimum Gasteiger partial charge on any atom is -0.507 e. The van der Waals surface area contributed by atoms with Gasteiger partial charge in [0.15, 0.2) is 0 Å². The van der Waals surface area contributed by atoms with Gasteiger partial charge in [-0.2, -0.15) is 5.10 Å². The van der Waals surface area contributed by atoms with Crippen molar-refractivity contribution in [1.82, 2.24) is 4.57 Å². The highest BCUT2D eigenvalue weighted by Crippen LogP contribution is 2.23. The molecule has 0 spiro atoms. The van der Waals surface area contributed by atoms with Gasteiger partial charge in [0.1, 0.15) is 17.1 Å². The van der Waals surface area contributed by atoms with Gasteiger partial charge in [0, 0.05) is 28.2 Å². The van der Waals surface area contributed by atoms with E-state index in [4.69, 9.17) is 0 Å². The molecule has 3 N–H and O–H groups in total. The molecular weight excluding hydrogens is 433 g/mol. The summed E-state index contributed by atoms with van der Waals surface area (Å²) in [7, 11) is 0. The van der Waals surface area contributed by atoms with E-state index in [0.717, 1.165) is 10.5 Å². The van der Waals surface area contributed by atoms with Gasteiger partial charge in [-0.15, -0.1) is 0 Å². The van der Waals surface area contributed by atoms with Gasteiger partial charge >= 0.3 is 5.97 Å². The Hall–Kier alpha value is -3.20. The van der Waals surface area contributed by atoms with Crippen molar-refractivity contribution in [2.45, 2.75) is 13.5 Å². The molecule has 0 amide bonds. The molecule has 144 valence electrons. The fourth-order valence-electron chi connectivity index (χ4n) is 2.71. The SMILES string of the molecule is CCn1cc(C(=O)O)c(=O)c2cc(F)c(N/N=C/c3cc(Br)ccc3O)cc21. The number of aryl methyl sites for hydroxylation is 1. The maximum atomic E-state index is 14.4. The highest BCUT2D eigenvalue weighted by atomic mass is 79.9. The number of fused-ring (bicyclic) bond motifs is 1. The summed E-state index contributed by atoms with van der Waals surface area (Å²) < 4.78 is 16.7. The molecular formula is C19H15BrFN3O4. The van der Waals surface area contributed by atoms with Crippen LogP contribution in [0.1, 0.15) is 22.8 Å². The Morgan fingerprint density at radius 1 is 1.36 bits per heavy atom. The lowest BCUT2D eigenvalue weighted by molar-refractivity contribution is 0.0695. The molecule has 1 aromatic heterocycles. The summed E-state index contributed by atoms with van der Waals surface area (Å²) in [6, 6.07) is 7.17. The molecule has 0 aliphatic rings. The van der Waals surface area contributed by atoms with Gasteiger partial charge < -0.3 is 14.8 Å². The van der Waals surface area contributed by atoms with Crippen molar-refractivity contribution in [3.63, 3.8) is 0 Å². The van der Waals surface area contributed by atoms with E-state index in [1.165, 1.54) is 24.5 Å².